The van der Waals surface area contributed by atoms with Crippen molar-refractivity contribution in [3.8, 4) is 11.1 Å². The van der Waals surface area contributed by atoms with Gasteiger partial charge in [-0.3, -0.25) is 0 Å². The fourth-order valence-electron chi connectivity index (χ4n) is 6.51. The van der Waals surface area contributed by atoms with E-state index in [0.717, 1.165) is 41.3 Å². The van der Waals surface area contributed by atoms with Crippen LogP contribution in [-0.4, -0.2) is 0 Å². The summed E-state index contributed by atoms with van der Waals surface area (Å²) in [5, 5.41) is 5.12. The quantitative estimate of drug-likeness (QED) is 0.182. The molecule has 2 nitrogen and oxygen atoms in total. The van der Waals surface area contributed by atoms with E-state index in [1.165, 1.54) is 38.0 Å². The smallest absolute Gasteiger partial charge is 0.0468 e. The Hall–Kier alpha value is -5.86. The first-order valence-electron chi connectivity index (χ1n) is 16.0. The normalized spacial score (nSPS) is 12.1. The van der Waals surface area contributed by atoms with E-state index in [9.17, 15) is 0 Å². The Bertz CT molecular complexity index is 2240. The highest BCUT2D eigenvalue weighted by molar-refractivity contribution is 5.89. The van der Waals surface area contributed by atoms with E-state index < -0.39 is 0 Å². The largest absolute Gasteiger partial charge is 0.310 e. The Morgan fingerprint density at radius 2 is 0.739 bits per heavy atom. The van der Waals surface area contributed by atoms with Crippen LogP contribution in [0.1, 0.15) is 12.8 Å². The molecular formula is C44H34N2. The van der Waals surface area contributed by atoms with Gasteiger partial charge in [0.1, 0.15) is 0 Å². The fourth-order valence-corrected chi connectivity index (χ4v) is 6.51. The maximum atomic E-state index is 2.35. The lowest BCUT2D eigenvalue weighted by Gasteiger charge is -2.26. The van der Waals surface area contributed by atoms with Crippen LogP contribution in [0, 0.1) is 0 Å². The van der Waals surface area contributed by atoms with Crippen molar-refractivity contribution in [3.05, 3.63) is 180 Å². The number of para-hydroxylation sites is 2. The number of hydrogen-bond donors (Lipinski definition) is 0. The molecule has 1 aliphatic rings. The van der Waals surface area contributed by atoms with E-state index in [-0.39, 0.29) is 0 Å². The molecule has 1 aliphatic carbocycles. The molecule has 7 aromatic rings. The number of rotatable bonds is 7. The molecule has 0 amide bonds. The van der Waals surface area contributed by atoms with Crippen molar-refractivity contribution in [1.82, 2.24) is 0 Å². The molecular weight excluding hydrogens is 556 g/mol. The van der Waals surface area contributed by atoms with Crippen LogP contribution in [0.25, 0.3) is 34.1 Å². The highest BCUT2D eigenvalue weighted by Gasteiger charge is 2.15. The van der Waals surface area contributed by atoms with Crippen molar-refractivity contribution in [3.63, 3.8) is 0 Å². The molecule has 0 saturated carbocycles. The SMILES string of the molecule is C1=c2ccc(N(c3ccccc3)c3ccc(-c4ccc(N(c5ccccc5)c5ccc6ccccc6c5)cc4)cc3)cc2=CCC1. The monoisotopic (exact) mass is 590 g/mol. The summed E-state index contributed by atoms with van der Waals surface area (Å²) in [7, 11) is 0. The third-order valence-electron chi connectivity index (χ3n) is 8.83. The third-order valence-corrected chi connectivity index (χ3v) is 8.83. The van der Waals surface area contributed by atoms with E-state index in [4.69, 9.17) is 0 Å². The van der Waals surface area contributed by atoms with Crippen LogP contribution in [0.2, 0.25) is 0 Å². The molecule has 0 spiro atoms. The van der Waals surface area contributed by atoms with Crippen LogP contribution in [0.3, 0.4) is 0 Å². The van der Waals surface area contributed by atoms with Gasteiger partial charge in [0, 0.05) is 34.1 Å². The van der Waals surface area contributed by atoms with Crippen LogP contribution in [0.4, 0.5) is 34.1 Å². The lowest BCUT2D eigenvalue weighted by molar-refractivity contribution is 1.11. The van der Waals surface area contributed by atoms with E-state index >= 15 is 0 Å². The number of benzene rings is 7. The molecule has 8 rings (SSSR count). The second-order valence-corrected chi connectivity index (χ2v) is 11.8. The van der Waals surface area contributed by atoms with Gasteiger partial charge in [-0.1, -0.05) is 109 Å². The zero-order valence-electron chi connectivity index (χ0n) is 25.6. The molecule has 0 aliphatic heterocycles. The Kier molecular flexibility index (Phi) is 7.38. The maximum Gasteiger partial charge on any atom is 0.0468 e. The van der Waals surface area contributed by atoms with Gasteiger partial charge in [-0.2, -0.15) is 0 Å². The molecule has 0 unspecified atom stereocenters. The lowest BCUT2D eigenvalue weighted by atomic mass is 10.0. The second-order valence-electron chi connectivity index (χ2n) is 11.8. The zero-order valence-corrected chi connectivity index (χ0v) is 25.6. The predicted octanol–water partition coefficient (Wildman–Crippen LogP) is 10.8. The first-order valence-corrected chi connectivity index (χ1v) is 16.0. The molecule has 0 N–H and O–H groups in total. The van der Waals surface area contributed by atoms with Crippen LogP contribution in [0.5, 0.6) is 0 Å². The van der Waals surface area contributed by atoms with Gasteiger partial charge in [-0.25, -0.2) is 0 Å². The summed E-state index contributed by atoms with van der Waals surface area (Å²) in [5.41, 5.74) is 9.23. The molecule has 46 heavy (non-hydrogen) atoms. The predicted molar refractivity (Wildman–Crippen MR) is 196 cm³/mol. The topological polar surface area (TPSA) is 6.48 Å². The minimum atomic E-state index is 1.10. The summed E-state index contributed by atoms with van der Waals surface area (Å²) in [6.07, 6.45) is 6.91. The van der Waals surface area contributed by atoms with Gasteiger partial charge in [0.25, 0.3) is 0 Å². The third kappa shape index (κ3) is 5.46. The van der Waals surface area contributed by atoms with Gasteiger partial charge in [0.05, 0.1) is 0 Å². The fraction of sp³-hybridized carbons (Fsp3) is 0.0455. The average molecular weight is 591 g/mol. The molecule has 0 fully saturated rings. The minimum absolute atomic E-state index is 1.10. The van der Waals surface area contributed by atoms with Crippen LogP contribution < -0.4 is 20.2 Å². The van der Waals surface area contributed by atoms with Crippen molar-refractivity contribution in [1.29, 1.82) is 0 Å². The van der Waals surface area contributed by atoms with E-state index in [1.807, 2.05) is 0 Å². The van der Waals surface area contributed by atoms with Gasteiger partial charge in [0.2, 0.25) is 0 Å². The van der Waals surface area contributed by atoms with E-state index in [1.54, 1.807) is 0 Å². The van der Waals surface area contributed by atoms with Gasteiger partial charge in [0.15, 0.2) is 0 Å². The molecule has 2 heteroatoms. The molecule has 0 atom stereocenters. The number of nitrogens with zero attached hydrogens (tertiary/aromatic N) is 2. The molecule has 0 saturated heterocycles. The summed E-state index contributed by atoms with van der Waals surface area (Å²) in [6, 6.07) is 61.1. The summed E-state index contributed by atoms with van der Waals surface area (Å²) in [4.78, 5) is 4.67. The lowest BCUT2D eigenvalue weighted by Crippen LogP contribution is -2.27. The van der Waals surface area contributed by atoms with E-state index in [0.29, 0.717) is 0 Å². The summed E-state index contributed by atoms with van der Waals surface area (Å²) in [6.45, 7) is 0. The molecule has 220 valence electrons. The van der Waals surface area contributed by atoms with Crippen molar-refractivity contribution in [2.75, 3.05) is 9.80 Å². The van der Waals surface area contributed by atoms with Crippen molar-refractivity contribution in [2.45, 2.75) is 12.8 Å². The number of hydrogen-bond acceptors (Lipinski definition) is 2. The minimum Gasteiger partial charge on any atom is -0.310 e. The molecule has 0 bridgehead atoms. The summed E-state index contributed by atoms with van der Waals surface area (Å²) in [5.74, 6) is 0. The Balaban J connectivity index is 1.13. The van der Waals surface area contributed by atoms with Gasteiger partial charge in [-0.15, -0.1) is 0 Å². The Labute approximate surface area is 270 Å². The van der Waals surface area contributed by atoms with Crippen molar-refractivity contribution < 1.29 is 0 Å². The molecule has 7 aromatic carbocycles. The number of anilines is 6. The molecule has 0 radical (unpaired) electrons. The van der Waals surface area contributed by atoms with Crippen LogP contribution >= 0.6 is 0 Å². The standard InChI is InChI=1S/C44H34N2/c1-3-15-39(16-4-1)45(43-29-23-33-11-7-9-13-37(33)31-43)41-25-19-35(20-26-41)36-21-27-42(28-22-36)46(40-17-5-2-6-18-40)44-30-24-34-12-8-10-14-38(34)32-44/h1-7,9,11-32H,8,10H2. The first kappa shape index (κ1) is 27.7. The van der Waals surface area contributed by atoms with E-state index in [2.05, 4.69) is 192 Å². The van der Waals surface area contributed by atoms with Crippen molar-refractivity contribution >= 4 is 57.0 Å². The van der Waals surface area contributed by atoms with Crippen LogP contribution in [0.15, 0.2) is 170 Å². The average Bonchev–Trinajstić information content (AvgIpc) is 3.13. The maximum absolute atomic E-state index is 2.35. The highest BCUT2D eigenvalue weighted by Crippen LogP contribution is 2.38. The first-order chi connectivity index (χ1) is 22.8. The molecule has 0 heterocycles. The van der Waals surface area contributed by atoms with Crippen LogP contribution in [-0.2, 0) is 0 Å². The second kappa shape index (κ2) is 12.3. The van der Waals surface area contributed by atoms with Gasteiger partial charge >= 0.3 is 0 Å². The summed E-state index contributed by atoms with van der Waals surface area (Å²) < 4.78 is 0. The van der Waals surface area contributed by atoms with Gasteiger partial charge < -0.3 is 9.80 Å². The highest BCUT2D eigenvalue weighted by atomic mass is 15.1. The Morgan fingerprint density at radius 3 is 1.33 bits per heavy atom. The van der Waals surface area contributed by atoms with Crippen molar-refractivity contribution in [2.24, 2.45) is 0 Å². The number of fused-ring (bicyclic) bond motifs is 2. The summed E-state index contributed by atoms with van der Waals surface area (Å²) >= 11 is 0. The molecule has 0 aromatic heterocycles. The van der Waals surface area contributed by atoms with Gasteiger partial charge in [-0.05, 0) is 118 Å². The zero-order chi connectivity index (χ0) is 30.7. The Morgan fingerprint density at radius 1 is 0.304 bits per heavy atom.